The first-order chi connectivity index (χ1) is 7.63. The second-order valence-electron chi connectivity index (χ2n) is 3.11. The average molecular weight is 291 g/mol. The Morgan fingerprint density at radius 3 is 2.47 bits per heavy atom. The number of halogens is 3. The van der Waals surface area contributed by atoms with Gasteiger partial charge < -0.3 is 4.57 Å². The summed E-state index contributed by atoms with van der Waals surface area (Å²) >= 11 is 4.31. The number of hydrogen-bond donors (Lipinski definition) is 2. The van der Waals surface area contributed by atoms with E-state index in [4.69, 9.17) is 13.0 Å². The fourth-order valence-electron chi connectivity index (χ4n) is 1.08. The zero-order valence-corrected chi connectivity index (χ0v) is 9.87. The van der Waals surface area contributed by atoms with Crippen LogP contribution in [0.2, 0.25) is 0 Å². The molecule has 6 nitrogen and oxygen atoms in total. The topological polar surface area (TPSA) is 85.1 Å². The summed E-state index contributed by atoms with van der Waals surface area (Å²) in [6, 6.07) is 0. The van der Waals surface area contributed by atoms with E-state index in [1.165, 1.54) is 0 Å². The minimum Gasteiger partial charge on any atom is -0.317 e. The van der Waals surface area contributed by atoms with Crippen molar-refractivity contribution in [1.82, 2.24) is 14.8 Å². The Hall–Kier alpha value is -0.810. The Kier molecular flexibility index (Phi) is 4.04. The van der Waals surface area contributed by atoms with Crippen LogP contribution in [-0.4, -0.2) is 33.2 Å². The average Bonchev–Trinajstić information content (AvgIpc) is 2.69. The quantitative estimate of drug-likeness (QED) is 0.424. The first-order valence-electron chi connectivity index (χ1n) is 4.22. The molecule has 1 aliphatic heterocycles. The summed E-state index contributed by atoms with van der Waals surface area (Å²) in [5.41, 5.74) is -5.53. The van der Waals surface area contributed by atoms with Crippen molar-refractivity contribution in [3.05, 3.63) is 12.2 Å². The monoisotopic (exact) mass is 291 g/mol. The van der Waals surface area contributed by atoms with Gasteiger partial charge in [-0.25, -0.2) is 0 Å². The van der Waals surface area contributed by atoms with Gasteiger partial charge in [-0.05, 0) is 6.42 Å². The number of fused-ring (bicyclic) bond motifs is 1. The van der Waals surface area contributed by atoms with Crippen LogP contribution in [0.3, 0.4) is 0 Å². The Balaban J connectivity index is 0.000000172. The van der Waals surface area contributed by atoms with Gasteiger partial charge in [0.1, 0.15) is 12.2 Å². The van der Waals surface area contributed by atoms with E-state index in [-0.39, 0.29) is 0 Å². The lowest BCUT2D eigenvalue weighted by Gasteiger charge is -1.97. The van der Waals surface area contributed by atoms with E-state index < -0.39 is 15.6 Å². The lowest BCUT2D eigenvalue weighted by Crippen LogP contribution is -2.21. The molecule has 1 aromatic rings. The highest BCUT2D eigenvalue weighted by atomic mass is 32.2. The number of rotatable bonds is 0. The molecule has 0 aliphatic carbocycles. The van der Waals surface area contributed by atoms with Crippen LogP contribution in [0.25, 0.3) is 0 Å². The van der Waals surface area contributed by atoms with Crippen LogP contribution in [0, 0.1) is 0 Å². The molecule has 1 atom stereocenters. The summed E-state index contributed by atoms with van der Waals surface area (Å²) in [7, 11) is -5.84. The van der Waals surface area contributed by atoms with Crippen LogP contribution in [-0.2, 0) is 16.7 Å². The van der Waals surface area contributed by atoms with Crippen LogP contribution >= 0.6 is 12.6 Å². The van der Waals surface area contributed by atoms with E-state index in [1.807, 2.05) is 4.57 Å². The fraction of sp³-hybridized carbons (Fsp3) is 0.667. The molecule has 0 amide bonds. The van der Waals surface area contributed by atoms with E-state index in [9.17, 15) is 13.2 Å². The molecule has 2 rings (SSSR count). The number of alkyl halides is 3. The van der Waals surface area contributed by atoms with Gasteiger partial charge >= 0.3 is 15.6 Å². The molecule has 0 saturated carbocycles. The summed E-state index contributed by atoms with van der Waals surface area (Å²) in [6.45, 7) is 1.02. The van der Waals surface area contributed by atoms with Crippen molar-refractivity contribution in [2.75, 3.05) is 0 Å². The van der Waals surface area contributed by atoms with Gasteiger partial charge in [-0.15, -0.1) is 10.2 Å². The molecule has 1 N–H and O–H groups in total. The van der Waals surface area contributed by atoms with Crippen LogP contribution in [0.5, 0.6) is 0 Å². The lowest BCUT2D eigenvalue weighted by molar-refractivity contribution is -0.0510. The molecule has 0 spiro atoms. The fourth-order valence-corrected chi connectivity index (χ4v) is 1.40. The number of aryl methyl sites for hydroxylation is 1. The highest BCUT2D eigenvalue weighted by Gasteiger charge is 2.44. The predicted molar refractivity (Wildman–Crippen MR) is 54.0 cm³/mol. The molecule has 2 heterocycles. The SMILES string of the molecule is O=S(=O)(O)C(F)(F)F.SC1CCn2cnnc21. The Labute approximate surface area is 100.0 Å². The molecule has 0 radical (unpaired) electrons. The summed E-state index contributed by atoms with van der Waals surface area (Å²) in [6.07, 6.45) is 2.85. The van der Waals surface area contributed by atoms with Crippen molar-refractivity contribution in [3.63, 3.8) is 0 Å². The van der Waals surface area contributed by atoms with Gasteiger partial charge in [-0.2, -0.15) is 34.2 Å². The summed E-state index contributed by atoms with van der Waals surface area (Å²) < 4.78 is 59.6. The van der Waals surface area contributed by atoms with E-state index >= 15 is 0 Å². The van der Waals surface area contributed by atoms with E-state index in [0.717, 1.165) is 18.8 Å². The molecule has 1 unspecified atom stereocenters. The van der Waals surface area contributed by atoms with Crippen LogP contribution in [0.1, 0.15) is 17.5 Å². The molecule has 0 bridgehead atoms. The molecule has 1 aromatic heterocycles. The molecule has 0 aromatic carbocycles. The van der Waals surface area contributed by atoms with Crippen molar-refractivity contribution in [3.8, 4) is 0 Å². The standard InChI is InChI=1S/C5H7N3S.CHF3O3S/c9-4-1-2-8-3-6-7-5(4)8;2-1(3,4)8(5,6)7/h3-4,9H,1-2H2;(H,5,6,7). The van der Waals surface area contributed by atoms with Gasteiger partial charge in [0, 0.05) is 6.54 Å². The zero-order valence-electron chi connectivity index (χ0n) is 8.16. The largest absolute Gasteiger partial charge is 0.522 e. The van der Waals surface area contributed by atoms with Crippen molar-refractivity contribution in [2.24, 2.45) is 0 Å². The molecule has 11 heteroatoms. The maximum Gasteiger partial charge on any atom is 0.522 e. The number of thiol groups is 1. The van der Waals surface area contributed by atoms with E-state index in [2.05, 4.69) is 22.8 Å². The third kappa shape index (κ3) is 3.57. The van der Waals surface area contributed by atoms with Gasteiger partial charge in [0.15, 0.2) is 0 Å². The van der Waals surface area contributed by atoms with E-state index in [0.29, 0.717) is 5.25 Å². The van der Waals surface area contributed by atoms with Crippen LogP contribution in [0.4, 0.5) is 13.2 Å². The van der Waals surface area contributed by atoms with Gasteiger partial charge in [-0.1, -0.05) is 0 Å². The highest BCUT2D eigenvalue weighted by Crippen LogP contribution is 2.27. The van der Waals surface area contributed by atoms with E-state index in [1.54, 1.807) is 6.33 Å². The van der Waals surface area contributed by atoms with Crippen LogP contribution in [0.15, 0.2) is 6.33 Å². The molecular weight excluding hydrogens is 283 g/mol. The van der Waals surface area contributed by atoms with Gasteiger partial charge in [-0.3, -0.25) is 4.55 Å². The number of aromatic nitrogens is 3. The maximum atomic E-state index is 10.7. The highest BCUT2D eigenvalue weighted by molar-refractivity contribution is 7.86. The van der Waals surface area contributed by atoms with Gasteiger partial charge in [0.05, 0.1) is 5.25 Å². The Morgan fingerprint density at radius 1 is 1.53 bits per heavy atom. The third-order valence-corrected chi connectivity index (χ3v) is 2.95. The third-order valence-electron chi connectivity index (χ3n) is 1.88. The van der Waals surface area contributed by atoms with Crippen molar-refractivity contribution in [2.45, 2.75) is 23.7 Å². The smallest absolute Gasteiger partial charge is 0.317 e. The summed E-state index contributed by atoms with van der Waals surface area (Å²) in [5, 5.41) is 7.99. The van der Waals surface area contributed by atoms with Crippen molar-refractivity contribution >= 4 is 22.7 Å². The Morgan fingerprint density at radius 2 is 2.06 bits per heavy atom. The van der Waals surface area contributed by atoms with Crippen LogP contribution < -0.4 is 0 Å². The number of nitrogens with zero attached hydrogens (tertiary/aromatic N) is 3. The van der Waals surface area contributed by atoms with Gasteiger partial charge in [0.2, 0.25) is 0 Å². The summed E-state index contributed by atoms with van der Waals surface area (Å²) in [5.74, 6) is 1.01. The maximum absolute atomic E-state index is 10.7. The first kappa shape index (κ1) is 14.3. The minimum absolute atomic E-state index is 0.312. The van der Waals surface area contributed by atoms with Crippen molar-refractivity contribution < 1.29 is 26.1 Å². The summed E-state index contributed by atoms with van der Waals surface area (Å²) in [4.78, 5) is 0. The van der Waals surface area contributed by atoms with Gasteiger partial charge in [0.25, 0.3) is 0 Å². The minimum atomic E-state index is -5.84. The molecule has 0 fully saturated rings. The normalized spacial score (nSPS) is 19.5. The molecule has 98 valence electrons. The Bertz CT molecular complexity index is 484. The molecule has 17 heavy (non-hydrogen) atoms. The number of hydrogen-bond acceptors (Lipinski definition) is 5. The second-order valence-corrected chi connectivity index (χ2v) is 5.14. The zero-order chi connectivity index (χ0) is 13.3. The predicted octanol–water partition coefficient (Wildman–Crippen LogP) is 1.05. The van der Waals surface area contributed by atoms with Crippen molar-refractivity contribution in [1.29, 1.82) is 0 Å². The molecule has 0 saturated heterocycles. The lowest BCUT2D eigenvalue weighted by atomic mass is 10.3. The molecule has 1 aliphatic rings. The second kappa shape index (κ2) is 4.82. The molecular formula is C6H8F3N3O3S2. The first-order valence-corrected chi connectivity index (χ1v) is 6.18.